The molecule has 1 heterocycles. The van der Waals surface area contributed by atoms with Gasteiger partial charge in [0.15, 0.2) is 0 Å². The van der Waals surface area contributed by atoms with Gasteiger partial charge in [-0.25, -0.2) is 4.79 Å². The Balaban J connectivity index is 1.80. The summed E-state index contributed by atoms with van der Waals surface area (Å²) in [5.74, 6) is -2.19. The molecule has 8 heteroatoms. The molecule has 0 fully saturated rings. The number of carbonyl (C=O) groups excluding carboxylic acids is 1. The highest BCUT2D eigenvalue weighted by atomic mass is 35.5. The first-order valence-electron chi connectivity index (χ1n) is 9.78. The van der Waals surface area contributed by atoms with Crippen molar-refractivity contribution in [1.29, 1.82) is 0 Å². The van der Waals surface area contributed by atoms with Crippen LogP contribution in [0, 0.1) is 13.8 Å². The second-order valence-corrected chi connectivity index (χ2v) is 7.92. The predicted molar refractivity (Wildman–Crippen MR) is 119 cm³/mol. The fourth-order valence-corrected chi connectivity index (χ4v) is 3.48. The third-order valence-electron chi connectivity index (χ3n) is 5.21. The lowest BCUT2D eigenvalue weighted by molar-refractivity contribution is -0.152. The molecule has 4 rings (SSSR count). The van der Waals surface area contributed by atoms with Gasteiger partial charge in [-0.2, -0.15) is 13.2 Å². The molecule has 0 saturated heterocycles. The molecule has 4 aromatic rings. The Hall–Kier alpha value is -3.58. The number of hydrogen-bond donors (Lipinski definition) is 0. The molecule has 0 aliphatic carbocycles. The van der Waals surface area contributed by atoms with E-state index >= 15 is 0 Å². The molecular formula is C25H16ClF3O4. The summed E-state index contributed by atoms with van der Waals surface area (Å²) in [5, 5.41) is 0.228. The number of ether oxygens (including phenoxy) is 1. The van der Waals surface area contributed by atoms with E-state index in [4.69, 9.17) is 20.8 Å². The summed E-state index contributed by atoms with van der Waals surface area (Å²) in [6.07, 6.45) is -4.94. The zero-order valence-corrected chi connectivity index (χ0v) is 18.2. The van der Waals surface area contributed by atoms with E-state index in [9.17, 15) is 22.8 Å². The van der Waals surface area contributed by atoms with Crippen molar-refractivity contribution in [3.8, 4) is 16.9 Å². The largest absolute Gasteiger partial charge is 0.450 e. The van der Waals surface area contributed by atoms with Crippen LogP contribution in [0.3, 0.4) is 0 Å². The maximum Gasteiger partial charge on any atom is 0.450 e. The van der Waals surface area contributed by atoms with Gasteiger partial charge in [0.2, 0.25) is 11.2 Å². The van der Waals surface area contributed by atoms with Crippen molar-refractivity contribution in [3.05, 3.63) is 98.4 Å². The summed E-state index contributed by atoms with van der Waals surface area (Å²) in [6, 6.07) is 14.1. The number of aryl methyl sites for hydroxylation is 2. The molecule has 0 atom stereocenters. The van der Waals surface area contributed by atoms with Crippen molar-refractivity contribution < 1.29 is 27.1 Å². The number of rotatable bonds is 3. The predicted octanol–water partition coefficient (Wildman–Crippen LogP) is 6.97. The van der Waals surface area contributed by atoms with E-state index in [1.807, 2.05) is 13.8 Å². The van der Waals surface area contributed by atoms with Crippen molar-refractivity contribution >= 4 is 28.5 Å². The van der Waals surface area contributed by atoms with Crippen LogP contribution in [0.2, 0.25) is 5.02 Å². The molecular weight excluding hydrogens is 457 g/mol. The maximum absolute atomic E-state index is 13.8. The first kappa shape index (κ1) is 22.6. The van der Waals surface area contributed by atoms with Gasteiger partial charge in [0.1, 0.15) is 11.3 Å². The van der Waals surface area contributed by atoms with Gasteiger partial charge in [-0.1, -0.05) is 29.8 Å². The highest BCUT2D eigenvalue weighted by Gasteiger charge is 2.39. The van der Waals surface area contributed by atoms with Gasteiger partial charge in [0, 0.05) is 11.1 Å². The van der Waals surface area contributed by atoms with E-state index < -0.39 is 28.9 Å². The fourth-order valence-electron chi connectivity index (χ4n) is 3.35. The van der Waals surface area contributed by atoms with Gasteiger partial charge in [-0.3, -0.25) is 4.79 Å². The molecule has 0 N–H and O–H groups in total. The Kier molecular flexibility index (Phi) is 5.76. The van der Waals surface area contributed by atoms with Crippen LogP contribution < -0.4 is 10.2 Å². The zero-order chi connectivity index (χ0) is 23.9. The molecule has 0 unspecified atom stereocenters. The van der Waals surface area contributed by atoms with Crippen LogP contribution in [0.5, 0.6) is 5.75 Å². The minimum absolute atomic E-state index is 0.0209. The maximum atomic E-state index is 13.8. The Morgan fingerprint density at radius 2 is 1.64 bits per heavy atom. The third-order valence-corrected chi connectivity index (χ3v) is 5.46. The van der Waals surface area contributed by atoms with E-state index in [0.717, 1.165) is 17.2 Å². The van der Waals surface area contributed by atoms with Crippen LogP contribution in [-0.2, 0) is 6.18 Å². The molecule has 4 nitrogen and oxygen atoms in total. The monoisotopic (exact) mass is 472 g/mol. The van der Waals surface area contributed by atoms with Crippen LogP contribution in [0.4, 0.5) is 13.2 Å². The first-order chi connectivity index (χ1) is 15.5. The topological polar surface area (TPSA) is 56.5 Å². The number of benzene rings is 3. The minimum atomic E-state index is -4.94. The van der Waals surface area contributed by atoms with Gasteiger partial charge in [0.05, 0.1) is 16.5 Å². The molecule has 0 aliphatic rings. The van der Waals surface area contributed by atoms with E-state index in [-0.39, 0.29) is 27.8 Å². The van der Waals surface area contributed by atoms with Gasteiger partial charge < -0.3 is 9.15 Å². The molecule has 1 aromatic heterocycles. The van der Waals surface area contributed by atoms with Crippen molar-refractivity contribution in [2.75, 3.05) is 0 Å². The average Bonchev–Trinajstić information content (AvgIpc) is 2.75. The van der Waals surface area contributed by atoms with Gasteiger partial charge in [-0.05, 0) is 66.9 Å². The highest BCUT2D eigenvalue weighted by molar-refractivity contribution is 6.30. The van der Waals surface area contributed by atoms with Crippen LogP contribution in [0.25, 0.3) is 22.1 Å². The number of carbonyl (C=O) groups is 1. The van der Waals surface area contributed by atoms with E-state index in [0.29, 0.717) is 5.02 Å². The summed E-state index contributed by atoms with van der Waals surface area (Å²) < 4.78 is 51.8. The van der Waals surface area contributed by atoms with Crippen LogP contribution in [0.1, 0.15) is 27.2 Å². The number of esters is 1. The molecule has 0 spiro atoms. The lowest BCUT2D eigenvalue weighted by Gasteiger charge is -2.13. The molecule has 168 valence electrons. The minimum Gasteiger partial charge on any atom is -0.450 e. The summed E-state index contributed by atoms with van der Waals surface area (Å²) >= 11 is 5.82. The zero-order valence-electron chi connectivity index (χ0n) is 17.4. The lowest BCUT2D eigenvalue weighted by atomic mass is 10.0. The van der Waals surface area contributed by atoms with Crippen molar-refractivity contribution in [2.45, 2.75) is 20.0 Å². The van der Waals surface area contributed by atoms with Gasteiger partial charge >= 0.3 is 12.1 Å². The molecule has 33 heavy (non-hydrogen) atoms. The molecule has 0 saturated carbocycles. The molecule has 0 bridgehead atoms. The Bertz CT molecular complexity index is 1440. The second-order valence-electron chi connectivity index (χ2n) is 7.49. The van der Waals surface area contributed by atoms with Crippen LogP contribution in [-0.4, -0.2) is 5.97 Å². The molecule has 0 aliphatic heterocycles. The fraction of sp³-hybridized carbons (Fsp3) is 0.120. The standard InChI is InChI=1S/C25H16ClF3O4/c1-13-3-4-16(11-14(13)2)24(31)32-18-9-10-19-20(12-18)33-23(25(27,28)29)21(22(19)30)15-5-7-17(26)8-6-15/h3-12H,1-2H3. The van der Waals surface area contributed by atoms with Crippen molar-refractivity contribution in [2.24, 2.45) is 0 Å². The van der Waals surface area contributed by atoms with Gasteiger partial charge in [0.25, 0.3) is 0 Å². The second kappa shape index (κ2) is 8.41. The summed E-state index contributed by atoms with van der Waals surface area (Å²) in [4.78, 5) is 25.5. The lowest BCUT2D eigenvalue weighted by Crippen LogP contribution is -2.16. The van der Waals surface area contributed by atoms with Crippen molar-refractivity contribution in [3.63, 3.8) is 0 Å². The SMILES string of the molecule is Cc1ccc(C(=O)Oc2ccc3c(=O)c(-c4ccc(Cl)cc4)c(C(F)(F)F)oc3c2)cc1C. The number of alkyl halides is 3. The van der Waals surface area contributed by atoms with Gasteiger partial charge in [-0.15, -0.1) is 0 Å². The number of fused-ring (bicyclic) bond motifs is 1. The van der Waals surface area contributed by atoms with Crippen LogP contribution >= 0.6 is 11.6 Å². The average molecular weight is 473 g/mol. The highest BCUT2D eigenvalue weighted by Crippen LogP contribution is 2.38. The summed E-state index contributed by atoms with van der Waals surface area (Å²) in [5.41, 5.74) is 0.356. The Morgan fingerprint density at radius 3 is 2.27 bits per heavy atom. The number of hydrogen-bond acceptors (Lipinski definition) is 4. The smallest absolute Gasteiger partial charge is 0.450 e. The summed E-state index contributed by atoms with van der Waals surface area (Å²) in [7, 11) is 0. The quantitative estimate of drug-likeness (QED) is 0.239. The Morgan fingerprint density at radius 1 is 0.939 bits per heavy atom. The number of halogens is 4. The van der Waals surface area contributed by atoms with E-state index in [2.05, 4.69) is 0 Å². The summed E-state index contributed by atoms with van der Waals surface area (Å²) in [6.45, 7) is 3.74. The van der Waals surface area contributed by atoms with Crippen LogP contribution in [0.15, 0.2) is 69.9 Å². The van der Waals surface area contributed by atoms with E-state index in [1.54, 1.807) is 18.2 Å². The molecule has 0 amide bonds. The third kappa shape index (κ3) is 4.50. The normalized spacial score (nSPS) is 11.6. The van der Waals surface area contributed by atoms with Crippen molar-refractivity contribution in [1.82, 2.24) is 0 Å². The Labute approximate surface area is 191 Å². The molecule has 0 radical (unpaired) electrons. The van der Waals surface area contributed by atoms with E-state index in [1.165, 1.54) is 36.4 Å². The molecule has 3 aromatic carbocycles. The first-order valence-corrected chi connectivity index (χ1v) is 10.2.